The van der Waals surface area contributed by atoms with Crippen LogP contribution in [0.2, 0.25) is 0 Å². The summed E-state index contributed by atoms with van der Waals surface area (Å²) in [5.74, 6) is 0.960. The second-order valence-electron chi connectivity index (χ2n) is 6.30. The number of carbonyl (C=O) groups excluding carboxylic acids is 1. The summed E-state index contributed by atoms with van der Waals surface area (Å²) < 4.78 is 5.41. The number of ether oxygens (including phenoxy) is 1. The van der Waals surface area contributed by atoms with Crippen molar-refractivity contribution in [3.63, 3.8) is 0 Å². The fraction of sp³-hybridized carbons (Fsp3) is 0.526. The zero-order valence-corrected chi connectivity index (χ0v) is 14.2. The molecule has 0 fully saturated rings. The molecule has 1 heterocycles. The van der Waals surface area contributed by atoms with Crippen LogP contribution in [-0.2, 0) is 11.2 Å². The Bertz CT molecular complexity index is 622. The summed E-state index contributed by atoms with van der Waals surface area (Å²) >= 11 is 0. The maximum Gasteiger partial charge on any atom is 0.249 e. The molecule has 0 saturated heterocycles. The summed E-state index contributed by atoms with van der Waals surface area (Å²) in [5, 5.41) is 3.05. The van der Waals surface area contributed by atoms with Gasteiger partial charge in [-0.25, -0.2) is 0 Å². The molecule has 0 bridgehead atoms. The van der Waals surface area contributed by atoms with Crippen LogP contribution >= 0.6 is 0 Å². The fourth-order valence-electron chi connectivity index (χ4n) is 3.54. The lowest BCUT2D eigenvalue weighted by atomic mass is 9.88. The van der Waals surface area contributed by atoms with E-state index < -0.39 is 0 Å². The van der Waals surface area contributed by atoms with E-state index in [-0.39, 0.29) is 5.91 Å². The maximum atomic E-state index is 12.5. The Morgan fingerprint density at radius 2 is 2.13 bits per heavy atom. The molecule has 1 N–H and O–H groups in total. The molecule has 0 atom stereocenters. The number of carbonyl (C=O) groups is 1. The third kappa shape index (κ3) is 3.21. The number of nitrogens with zero attached hydrogens (tertiary/aromatic N) is 1. The van der Waals surface area contributed by atoms with Crippen LogP contribution in [0.15, 0.2) is 23.8 Å². The summed E-state index contributed by atoms with van der Waals surface area (Å²) in [7, 11) is 1.69. The molecule has 3 rings (SSSR count). The van der Waals surface area contributed by atoms with Crippen molar-refractivity contribution in [2.24, 2.45) is 0 Å². The molecule has 0 saturated carbocycles. The first-order valence-electron chi connectivity index (χ1n) is 8.68. The van der Waals surface area contributed by atoms with Gasteiger partial charge in [0.1, 0.15) is 5.75 Å². The fourth-order valence-corrected chi connectivity index (χ4v) is 3.54. The number of hydrogen-bond acceptors (Lipinski definition) is 3. The van der Waals surface area contributed by atoms with E-state index in [0.29, 0.717) is 0 Å². The second-order valence-corrected chi connectivity index (χ2v) is 6.30. The molecule has 1 aromatic carbocycles. The van der Waals surface area contributed by atoms with Crippen LogP contribution in [0.5, 0.6) is 5.75 Å². The van der Waals surface area contributed by atoms with E-state index in [0.717, 1.165) is 49.5 Å². The summed E-state index contributed by atoms with van der Waals surface area (Å²) in [5.41, 5.74) is 4.58. The van der Waals surface area contributed by atoms with Gasteiger partial charge in [-0.15, -0.1) is 0 Å². The molecule has 124 valence electrons. The molecule has 0 unspecified atom stereocenters. The Morgan fingerprint density at radius 3 is 2.91 bits per heavy atom. The normalized spacial score (nSPS) is 17.3. The van der Waals surface area contributed by atoms with Crippen molar-refractivity contribution >= 4 is 11.6 Å². The molecular weight excluding hydrogens is 288 g/mol. The average Bonchev–Trinajstić information content (AvgIpc) is 2.74. The lowest BCUT2D eigenvalue weighted by Crippen LogP contribution is -2.30. The van der Waals surface area contributed by atoms with E-state index in [1.807, 2.05) is 6.07 Å². The molecule has 23 heavy (non-hydrogen) atoms. The molecule has 1 aliphatic heterocycles. The van der Waals surface area contributed by atoms with E-state index in [1.54, 1.807) is 7.11 Å². The van der Waals surface area contributed by atoms with Gasteiger partial charge >= 0.3 is 0 Å². The number of rotatable bonds is 5. The zero-order valence-electron chi connectivity index (χ0n) is 14.2. The van der Waals surface area contributed by atoms with Crippen LogP contribution in [-0.4, -0.2) is 37.6 Å². The van der Waals surface area contributed by atoms with E-state index >= 15 is 0 Å². The minimum Gasteiger partial charge on any atom is -0.497 e. The molecule has 4 nitrogen and oxygen atoms in total. The van der Waals surface area contributed by atoms with Crippen molar-refractivity contribution in [2.75, 3.05) is 26.7 Å². The van der Waals surface area contributed by atoms with Crippen molar-refractivity contribution in [1.29, 1.82) is 0 Å². The molecule has 1 aliphatic carbocycles. The minimum atomic E-state index is 0.103. The van der Waals surface area contributed by atoms with Gasteiger partial charge < -0.3 is 15.0 Å². The monoisotopic (exact) mass is 314 g/mol. The van der Waals surface area contributed by atoms with Gasteiger partial charge in [-0.05, 0) is 37.0 Å². The molecule has 2 aliphatic rings. The maximum absolute atomic E-state index is 12.5. The van der Waals surface area contributed by atoms with Gasteiger partial charge in [0.15, 0.2) is 0 Å². The van der Waals surface area contributed by atoms with Crippen molar-refractivity contribution in [3.8, 4) is 5.75 Å². The predicted octanol–water partition coefficient (Wildman–Crippen LogP) is 2.97. The highest BCUT2D eigenvalue weighted by atomic mass is 16.5. The highest BCUT2D eigenvalue weighted by molar-refractivity contribution is 6.02. The van der Waals surface area contributed by atoms with Gasteiger partial charge in [-0.3, -0.25) is 4.79 Å². The van der Waals surface area contributed by atoms with E-state index in [9.17, 15) is 4.79 Å². The smallest absolute Gasteiger partial charge is 0.249 e. The Morgan fingerprint density at radius 1 is 1.26 bits per heavy atom. The van der Waals surface area contributed by atoms with Crippen LogP contribution in [0, 0.1) is 0 Å². The number of unbranched alkanes of at least 4 members (excludes halogenated alkanes) is 2. The lowest BCUT2D eigenvalue weighted by molar-refractivity contribution is -0.117. The van der Waals surface area contributed by atoms with Crippen LogP contribution in [0.25, 0.3) is 5.70 Å². The van der Waals surface area contributed by atoms with Gasteiger partial charge in [-0.2, -0.15) is 0 Å². The van der Waals surface area contributed by atoms with Gasteiger partial charge in [0.05, 0.1) is 12.8 Å². The van der Waals surface area contributed by atoms with Crippen LogP contribution in [0.3, 0.4) is 0 Å². The number of hydrogen-bond donors (Lipinski definition) is 1. The van der Waals surface area contributed by atoms with Crippen LogP contribution in [0.1, 0.15) is 43.7 Å². The molecule has 4 heteroatoms. The molecule has 0 spiro atoms. The first kappa shape index (κ1) is 15.9. The Hall–Kier alpha value is -1.97. The van der Waals surface area contributed by atoms with Crippen molar-refractivity contribution in [3.05, 3.63) is 34.9 Å². The summed E-state index contributed by atoms with van der Waals surface area (Å²) in [6.45, 7) is 4.83. The molecule has 0 radical (unpaired) electrons. The Labute approximate surface area is 138 Å². The molecule has 1 amide bonds. The van der Waals surface area contributed by atoms with Crippen molar-refractivity contribution in [2.45, 2.75) is 39.0 Å². The van der Waals surface area contributed by atoms with E-state index in [2.05, 4.69) is 29.3 Å². The number of benzene rings is 1. The van der Waals surface area contributed by atoms with Gasteiger partial charge in [-0.1, -0.05) is 25.8 Å². The number of aryl methyl sites for hydroxylation is 1. The first-order valence-corrected chi connectivity index (χ1v) is 8.68. The summed E-state index contributed by atoms with van der Waals surface area (Å²) in [4.78, 5) is 14.9. The highest BCUT2D eigenvalue weighted by Crippen LogP contribution is 2.36. The minimum absolute atomic E-state index is 0.103. The average molecular weight is 314 g/mol. The second kappa shape index (κ2) is 7.07. The summed E-state index contributed by atoms with van der Waals surface area (Å²) in [6.07, 6.45) is 5.35. The van der Waals surface area contributed by atoms with E-state index in [4.69, 9.17) is 4.74 Å². The predicted molar refractivity (Wildman–Crippen MR) is 92.3 cm³/mol. The van der Waals surface area contributed by atoms with Gasteiger partial charge in [0, 0.05) is 30.8 Å². The number of fused-ring (bicyclic) bond motifs is 2. The molecular formula is C19H26N2O2. The number of nitrogens with one attached hydrogen (secondary N) is 1. The van der Waals surface area contributed by atoms with Crippen LogP contribution in [0.4, 0.5) is 0 Å². The number of amides is 1. The van der Waals surface area contributed by atoms with Gasteiger partial charge in [0.25, 0.3) is 0 Å². The number of methoxy groups -OCH3 is 1. The Balaban J connectivity index is 2.01. The van der Waals surface area contributed by atoms with Gasteiger partial charge in [0.2, 0.25) is 5.91 Å². The largest absolute Gasteiger partial charge is 0.497 e. The molecule has 1 aromatic rings. The summed E-state index contributed by atoms with van der Waals surface area (Å²) in [6, 6.07) is 6.25. The Kier molecular flexibility index (Phi) is 4.89. The highest BCUT2D eigenvalue weighted by Gasteiger charge is 2.29. The SMILES string of the molecule is CCCCCN1CCNC(=O)C2=C1c1cc(OC)ccc1CC2. The molecule has 0 aromatic heterocycles. The third-order valence-corrected chi connectivity index (χ3v) is 4.79. The first-order chi connectivity index (χ1) is 11.2. The third-order valence-electron chi connectivity index (χ3n) is 4.79. The standard InChI is InChI=1S/C19H26N2O2/c1-3-4-5-11-21-12-10-20-19(22)16-9-7-14-6-8-15(23-2)13-17(14)18(16)21/h6,8,13H,3-5,7,9-12H2,1-2H3,(H,20,22). The zero-order chi connectivity index (χ0) is 16.2. The van der Waals surface area contributed by atoms with Crippen LogP contribution < -0.4 is 10.1 Å². The lowest BCUT2D eigenvalue weighted by Gasteiger charge is -2.31. The van der Waals surface area contributed by atoms with E-state index in [1.165, 1.54) is 30.4 Å². The topological polar surface area (TPSA) is 41.6 Å². The van der Waals surface area contributed by atoms with Crippen molar-refractivity contribution in [1.82, 2.24) is 10.2 Å². The van der Waals surface area contributed by atoms with Crippen molar-refractivity contribution < 1.29 is 9.53 Å². The quantitative estimate of drug-likeness (QED) is 0.850.